The summed E-state index contributed by atoms with van der Waals surface area (Å²) < 4.78 is 0. The van der Waals surface area contributed by atoms with Gasteiger partial charge in [-0.3, -0.25) is 0 Å². The van der Waals surface area contributed by atoms with Gasteiger partial charge in [-0.25, -0.2) is 19.9 Å². The van der Waals surface area contributed by atoms with Gasteiger partial charge in [0.1, 0.15) is 0 Å². The Labute approximate surface area is 385 Å². The van der Waals surface area contributed by atoms with Crippen LogP contribution in [0.15, 0.2) is 255 Å². The van der Waals surface area contributed by atoms with Gasteiger partial charge in [0, 0.05) is 27.8 Å². The first-order valence-corrected chi connectivity index (χ1v) is 22.2. The molecule has 0 radical (unpaired) electrons. The maximum Gasteiger partial charge on any atom is 0.164 e. The summed E-state index contributed by atoms with van der Waals surface area (Å²) >= 11 is 0. The van der Waals surface area contributed by atoms with Gasteiger partial charge in [0.25, 0.3) is 0 Å². The highest BCUT2D eigenvalue weighted by Crippen LogP contribution is 2.34. The lowest BCUT2D eigenvalue weighted by atomic mass is 9.95. The standard InChI is InChI=1S/C62H42N4/c1-5-14-50(15-6-1)58-41-57(42-59(63-58)51-16-7-2-8-17-51)49-34-28-45(29-35-49)43-24-30-47(31-25-43)55-22-13-23-56(40-55)48-32-26-44(27-33-48)46-36-38-54(39-37-46)62-65-60(52-18-9-3-10-19-52)64-61(66-62)53-20-11-4-12-21-53/h1-42H. The van der Waals surface area contributed by atoms with E-state index in [0.717, 1.165) is 61.5 Å². The highest BCUT2D eigenvalue weighted by molar-refractivity contribution is 5.80. The molecule has 0 aliphatic rings. The predicted molar refractivity (Wildman–Crippen MR) is 272 cm³/mol. The monoisotopic (exact) mass is 842 g/mol. The Bertz CT molecular complexity index is 3050. The normalized spacial score (nSPS) is 11.0. The fraction of sp³-hybridized carbons (Fsp3) is 0. The average molecular weight is 843 g/mol. The van der Waals surface area contributed by atoms with Gasteiger partial charge in [0.05, 0.1) is 11.4 Å². The molecular formula is C62H42N4. The van der Waals surface area contributed by atoms with E-state index in [2.05, 4.69) is 182 Å². The van der Waals surface area contributed by atoms with Crippen molar-refractivity contribution in [2.75, 3.05) is 0 Å². The minimum Gasteiger partial charge on any atom is -0.248 e. The summed E-state index contributed by atoms with van der Waals surface area (Å²) in [5, 5.41) is 0. The number of benzene rings is 9. The number of hydrogen-bond acceptors (Lipinski definition) is 4. The Morgan fingerprint density at radius 1 is 0.152 bits per heavy atom. The minimum absolute atomic E-state index is 0.644. The number of rotatable bonds is 10. The molecule has 310 valence electrons. The molecule has 0 spiro atoms. The van der Waals surface area contributed by atoms with Crippen molar-refractivity contribution in [1.82, 2.24) is 19.9 Å². The molecule has 11 aromatic rings. The van der Waals surface area contributed by atoms with Crippen LogP contribution >= 0.6 is 0 Å². The van der Waals surface area contributed by atoms with Crippen LogP contribution < -0.4 is 0 Å². The van der Waals surface area contributed by atoms with Crippen molar-refractivity contribution >= 4 is 0 Å². The molecule has 0 N–H and O–H groups in total. The molecule has 0 amide bonds. The quantitative estimate of drug-likeness (QED) is 0.138. The summed E-state index contributed by atoms with van der Waals surface area (Å²) in [5.41, 5.74) is 18.6. The van der Waals surface area contributed by atoms with E-state index < -0.39 is 0 Å². The van der Waals surface area contributed by atoms with E-state index in [4.69, 9.17) is 19.9 Å². The van der Waals surface area contributed by atoms with E-state index in [1.807, 2.05) is 72.8 Å². The lowest BCUT2D eigenvalue weighted by Gasteiger charge is -2.11. The number of pyridine rings is 1. The van der Waals surface area contributed by atoms with Crippen molar-refractivity contribution in [2.45, 2.75) is 0 Å². The molecule has 0 aliphatic heterocycles. The Morgan fingerprint density at radius 2 is 0.394 bits per heavy atom. The Kier molecular flexibility index (Phi) is 10.9. The van der Waals surface area contributed by atoms with Crippen molar-refractivity contribution in [1.29, 1.82) is 0 Å². The fourth-order valence-corrected chi connectivity index (χ4v) is 8.40. The van der Waals surface area contributed by atoms with Crippen molar-refractivity contribution in [3.8, 4) is 112 Å². The molecule has 0 fully saturated rings. The third kappa shape index (κ3) is 8.59. The second kappa shape index (κ2) is 18.1. The van der Waals surface area contributed by atoms with Crippen LogP contribution in [0.2, 0.25) is 0 Å². The molecule has 0 atom stereocenters. The second-order valence-electron chi connectivity index (χ2n) is 16.3. The first kappa shape index (κ1) is 40.0. The summed E-state index contributed by atoms with van der Waals surface area (Å²) in [4.78, 5) is 19.7. The van der Waals surface area contributed by atoms with Crippen molar-refractivity contribution in [3.05, 3.63) is 255 Å². The molecule has 11 rings (SSSR count). The summed E-state index contributed by atoms with van der Waals surface area (Å²) in [7, 11) is 0. The molecule has 0 aliphatic carbocycles. The smallest absolute Gasteiger partial charge is 0.164 e. The molecule has 0 unspecified atom stereocenters. The van der Waals surface area contributed by atoms with Crippen molar-refractivity contribution in [3.63, 3.8) is 0 Å². The average Bonchev–Trinajstić information content (AvgIpc) is 3.42. The zero-order valence-electron chi connectivity index (χ0n) is 36.0. The highest BCUT2D eigenvalue weighted by atomic mass is 15.0. The van der Waals surface area contributed by atoms with E-state index in [9.17, 15) is 0 Å². The number of aromatic nitrogens is 4. The third-order valence-electron chi connectivity index (χ3n) is 12.0. The van der Waals surface area contributed by atoms with Crippen molar-refractivity contribution in [2.24, 2.45) is 0 Å². The summed E-state index contributed by atoms with van der Waals surface area (Å²) in [6.45, 7) is 0. The summed E-state index contributed by atoms with van der Waals surface area (Å²) in [6.07, 6.45) is 0. The molecular weight excluding hydrogens is 801 g/mol. The molecule has 66 heavy (non-hydrogen) atoms. The second-order valence-corrected chi connectivity index (χ2v) is 16.3. The summed E-state index contributed by atoms with van der Waals surface area (Å²) in [6, 6.07) is 89.1. The SMILES string of the molecule is c1ccc(-c2cc(-c3ccc(-c4ccc(-c5cccc(-c6ccc(-c7ccc(-c8nc(-c9ccccc9)nc(-c9ccccc9)n8)cc7)cc6)c5)cc4)cc3)cc(-c3ccccc3)n2)cc1. The molecule has 2 heterocycles. The largest absolute Gasteiger partial charge is 0.248 e. The molecule has 2 aromatic heterocycles. The van der Waals surface area contributed by atoms with E-state index in [-0.39, 0.29) is 0 Å². The lowest BCUT2D eigenvalue weighted by molar-refractivity contribution is 1.07. The van der Waals surface area contributed by atoms with Crippen LogP contribution in [-0.4, -0.2) is 19.9 Å². The van der Waals surface area contributed by atoms with Gasteiger partial charge in [-0.2, -0.15) is 0 Å². The van der Waals surface area contributed by atoms with Gasteiger partial charge in [0.15, 0.2) is 17.5 Å². The molecule has 0 bridgehead atoms. The van der Waals surface area contributed by atoms with Crippen LogP contribution in [-0.2, 0) is 0 Å². The van der Waals surface area contributed by atoms with Gasteiger partial charge < -0.3 is 0 Å². The molecule has 9 aromatic carbocycles. The van der Waals surface area contributed by atoms with Crippen LogP contribution in [0.5, 0.6) is 0 Å². The summed E-state index contributed by atoms with van der Waals surface area (Å²) in [5.74, 6) is 1.95. The molecule has 4 heteroatoms. The maximum absolute atomic E-state index is 5.06. The molecule has 0 saturated heterocycles. The lowest BCUT2D eigenvalue weighted by Crippen LogP contribution is -2.00. The van der Waals surface area contributed by atoms with Gasteiger partial charge in [-0.1, -0.05) is 237 Å². The highest BCUT2D eigenvalue weighted by Gasteiger charge is 2.14. The van der Waals surface area contributed by atoms with Gasteiger partial charge in [-0.05, 0) is 73.8 Å². The molecule has 0 saturated carbocycles. The third-order valence-corrected chi connectivity index (χ3v) is 12.0. The van der Waals surface area contributed by atoms with Crippen LogP contribution in [0.3, 0.4) is 0 Å². The van der Waals surface area contributed by atoms with Crippen LogP contribution in [0.25, 0.3) is 112 Å². The topological polar surface area (TPSA) is 51.6 Å². The first-order valence-electron chi connectivity index (χ1n) is 22.2. The molecule has 4 nitrogen and oxygen atoms in total. The minimum atomic E-state index is 0.644. The van der Waals surface area contributed by atoms with E-state index >= 15 is 0 Å². The fourth-order valence-electron chi connectivity index (χ4n) is 8.40. The maximum atomic E-state index is 5.06. The van der Waals surface area contributed by atoms with E-state index in [1.54, 1.807) is 0 Å². The Morgan fingerprint density at radius 3 is 0.727 bits per heavy atom. The predicted octanol–water partition coefficient (Wildman–Crippen LogP) is 15.9. The zero-order chi connectivity index (χ0) is 44.1. The van der Waals surface area contributed by atoms with Crippen LogP contribution in [0.4, 0.5) is 0 Å². The van der Waals surface area contributed by atoms with E-state index in [0.29, 0.717) is 17.5 Å². The number of hydrogen-bond donors (Lipinski definition) is 0. The van der Waals surface area contributed by atoms with Gasteiger partial charge in [-0.15, -0.1) is 0 Å². The van der Waals surface area contributed by atoms with Gasteiger partial charge >= 0.3 is 0 Å². The first-order chi connectivity index (χ1) is 32.7. The zero-order valence-corrected chi connectivity index (χ0v) is 36.0. The van der Waals surface area contributed by atoms with Crippen LogP contribution in [0, 0.1) is 0 Å². The number of nitrogens with zero attached hydrogens (tertiary/aromatic N) is 4. The van der Waals surface area contributed by atoms with E-state index in [1.165, 1.54) is 33.4 Å². The van der Waals surface area contributed by atoms with Crippen LogP contribution in [0.1, 0.15) is 0 Å². The Hall–Kier alpha value is -8.86. The van der Waals surface area contributed by atoms with Gasteiger partial charge in [0.2, 0.25) is 0 Å². The Balaban J connectivity index is 0.797. The van der Waals surface area contributed by atoms with Crippen molar-refractivity contribution < 1.29 is 0 Å².